The average molecular weight is 280 g/mol. The predicted molar refractivity (Wildman–Crippen MR) is 87.4 cm³/mol. The van der Waals surface area contributed by atoms with Crippen LogP contribution in [0.25, 0.3) is 0 Å². The fourth-order valence-corrected chi connectivity index (χ4v) is 3.40. The number of hydrogen-bond acceptors (Lipinski definition) is 2. The lowest BCUT2D eigenvalue weighted by Crippen LogP contribution is -2.24. The van der Waals surface area contributed by atoms with Gasteiger partial charge in [0.2, 0.25) is 0 Å². The first kappa shape index (κ1) is 14.3. The van der Waals surface area contributed by atoms with Gasteiger partial charge in [0.15, 0.2) is 0 Å². The summed E-state index contributed by atoms with van der Waals surface area (Å²) in [5.41, 5.74) is 5.11. The van der Waals surface area contributed by atoms with Crippen molar-refractivity contribution in [3.05, 3.63) is 65.0 Å². The van der Waals surface area contributed by atoms with Crippen LogP contribution in [-0.4, -0.2) is 11.5 Å². The lowest BCUT2D eigenvalue weighted by atomic mass is 9.97. The third-order valence-electron chi connectivity index (χ3n) is 4.52. The van der Waals surface area contributed by atoms with Crippen molar-refractivity contribution in [3.8, 4) is 0 Å². The summed E-state index contributed by atoms with van der Waals surface area (Å²) in [5.74, 6) is 1.38. The Morgan fingerprint density at radius 3 is 2.57 bits per heavy atom. The molecule has 2 heteroatoms. The Morgan fingerprint density at radius 2 is 1.90 bits per heavy atom. The molecule has 3 unspecified atom stereocenters. The maximum Gasteiger partial charge on any atom is 0.0423 e. The van der Waals surface area contributed by atoms with Crippen molar-refractivity contribution in [2.24, 2.45) is 5.92 Å². The summed E-state index contributed by atoms with van der Waals surface area (Å²) in [5, 5.41) is 3.68. The third-order valence-corrected chi connectivity index (χ3v) is 4.52. The van der Waals surface area contributed by atoms with Gasteiger partial charge >= 0.3 is 0 Å². The van der Waals surface area contributed by atoms with Crippen LogP contribution >= 0.6 is 0 Å². The van der Waals surface area contributed by atoms with Crippen molar-refractivity contribution in [1.82, 2.24) is 10.3 Å². The van der Waals surface area contributed by atoms with Crippen molar-refractivity contribution in [2.75, 3.05) is 6.54 Å². The average Bonchev–Trinajstić information content (AvgIpc) is 3.27. The molecule has 0 amide bonds. The van der Waals surface area contributed by atoms with E-state index in [0.717, 1.165) is 12.2 Å². The largest absolute Gasteiger partial charge is 0.310 e. The normalized spacial score (nSPS) is 22.0. The lowest BCUT2D eigenvalue weighted by molar-refractivity contribution is 0.483. The summed E-state index contributed by atoms with van der Waals surface area (Å²) >= 11 is 0. The first-order valence-corrected chi connectivity index (χ1v) is 7.93. The molecule has 1 heterocycles. The van der Waals surface area contributed by atoms with Crippen LogP contribution in [0, 0.1) is 19.8 Å². The maximum absolute atomic E-state index is 4.64. The smallest absolute Gasteiger partial charge is 0.0423 e. The number of hydrogen-bond donors (Lipinski definition) is 1. The Bertz CT molecular complexity index is 606. The van der Waals surface area contributed by atoms with Gasteiger partial charge in [-0.15, -0.1) is 0 Å². The summed E-state index contributed by atoms with van der Waals surface area (Å²) in [6.07, 6.45) is 1.27. The molecular weight excluding hydrogens is 256 g/mol. The van der Waals surface area contributed by atoms with E-state index < -0.39 is 0 Å². The molecule has 2 nitrogen and oxygen atoms in total. The number of rotatable bonds is 5. The molecule has 1 aromatic carbocycles. The van der Waals surface area contributed by atoms with Crippen LogP contribution in [0.15, 0.2) is 42.5 Å². The highest BCUT2D eigenvalue weighted by atomic mass is 14.9. The molecule has 1 fully saturated rings. The molecule has 1 aliphatic rings. The molecule has 3 atom stereocenters. The minimum atomic E-state index is 0.424. The minimum Gasteiger partial charge on any atom is -0.310 e. The molecule has 0 bridgehead atoms. The molecule has 0 spiro atoms. The van der Waals surface area contributed by atoms with Crippen LogP contribution in [0.3, 0.4) is 0 Å². The molecule has 3 rings (SSSR count). The quantitative estimate of drug-likeness (QED) is 0.890. The van der Waals surface area contributed by atoms with Gasteiger partial charge in [-0.2, -0.15) is 0 Å². The van der Waals surface area contributed by atoms with Crippen LogP contribution < -0.4 is 5.32 Å². The van der Waals surface area contributed by atoms with E-state index in [9.17, 15) is 0 Å². The van der Waals surface area contributed by atoms with Gasteiger partial charge < -0.3 is 5.32 Å². The highest BCUT2D eigenvalue weighted by Crippen LogP contribution is 2.54. The van der Waals surface area contributed by atoms with Gasteiger partial charge in [-0.05, 0) is 55.8 Å². The van der Waals surface area contributed by atoms with Gasteiger partial charge in [-0.25, -0.2) is 0 Å². The van der Waals surface area contributed by atoms with Crippen LogP contribution in [-0.2, 0) is 0 Å². The van der Waals surface area contributed by atoms with Gasteiger partial charge in [0.05, 0.1) is 0 Å². The number of pyridine rings is 1. The van der Waals surface area contributed by atoms with Crippen molar-refractivity contribution in [1.29, 1.82) is 0 Å². The predicted octanol–water partition coefficient (Wildman–Crippen LogP) is 4.15. The van der Waals surface area contributed by atoms with Crippen molar-refractivity contribution < 1.29 is 0 Å². The third kappa shape index (κ3) is 3.01. The van der Waals surface area contributed by atoms with E-state index in [4.69, 9.17) is 0 Å². The first-order chi connectivity index (χ1) is 10.2. The number of benzene rings is 1. The number of aromatic nitrogens is 1. The molecule has 0 radical (unpaired) electrons. The van der Waals surface area contributed by atoms with Crippen LogP contribution in [0.4, 0.5) is 0 Å². The second kappa shape index (κ2) is 5.98. The van der Waals surface area contributed by atoms with E-state index in [0.29, 0.717) is 17.9 Å². The Labute approximate surface area is 127 Å². The second-order valence-electron chi connectivity index (χ2n) is 6.08. The lowest BCUT2D eigenvalue weighted by Gasteiger charge is -2.20. The Morgan fingerprint density at radius 1 is 1.14 bits per heavy atom. The van der Waals surface area contributed by atoms with E-state index >= 15 is 0 Å². The summed E-state index contributed by atoms with van der Waals surface area (Å²) in [4.78, 5) is 4.64. The topological polar surface area (TPSA) is 24.9 Å². The first-order valence-electron chi connectivity index (χ1n) is 7.93. The Balaban J connectivity index is 1.83. The van der Waals surface area contributed by atoms with Gasteiger partial charge in [-0.3, -0.25) is 4.98 Å². The Hall–Kier alpha value is -1.67. The highest BCUT2D eigenvalue weighted by molar-refractivity contribution is 5.32. The summed E-state index contributed by atoms with van der Waals surface area (Å²) in [7, 11) is 0. The molecule has 1 saturated carbocycles. The zero-order chi connectivity index (χ0) is 14.8. The van der Waals surface area contributed by atoms with E-state index in [-0.39, 0.29) is 0 Å². The number of nitrogens with one attached hydrogen (secondary N) is 1. The number of aryl methyl sites for hydroxylation is 2. The SMILES string of the molecule is CCNC(c1ccc(C)nc1C)C1CC1c1ccccc1. The summed E-state index contributed by atoms with van der Waals surface area (Å²) in [6.45, 7) is 7.37. The molecule has 1 aliphatic carbocycles. The van der Waals surface area contributed by atoms with Gasteiger partial charge in [0, 0.05) is 17.4 Å². The van der Waals surface area contributed by atoms with E-state index in [1.54, 1.807) is 0 Å². The standard InChI is InChI=1S/C19H24N2/c1-4-20-19(16-11-10-13(2)21-14(16)3)18-12-17(18)15-8-6-5-7-9-15/h5-11,17-20H,4,12H2,1-3H3. The zero-order valence-electron chi connectivity index (χ0n) is 13.1. The Kier molecular flexibility index (Phi) is 4.07. The molecule has 21 heavy (non-hydrogen) atoms. The highest BCUT2D eigenvalue weighted by Gasteiger charge is 2.44. The second-order valence-corrected chi connectivity index (χ2v) is 6.08. The maximum atomic E-state index is 4.64. The van der Waals surface area contributed by atoms with Gasteiger partial charge in [0.1, 0.15) is 0 Å². The minimum absolute atomic E-state index is 0.424. The van der Waals surface area contributed by atoms with Crippen molar-refractivity contribution in [3.63, 3.8) is 0 Å². The molecule has 1 N–H and O–H groups in total. The fraction of sp³-hybridized carbons (Fsp3) is 0.421. The molecule has 110 valence electrons. The number of nitrogens with zero attached hydrogens (tertiary/aromatic N) is 1. The fourth-order valence-electron chi connectivity index (χ4n) is 3.40. The molecule has 1 aromatic heterocycles. The molecular formula is C19H24N2. The van der Waals surface area contributed by atoms with Crippen LogP contribution in [0.5, 0.6) is 0 Å². The van der Waals surface area contributed by atoms with E-state index in [1.165, 1.54) is 23.2 Å². The van der Waals surface area contributed by atoms with Gasteiger partial charge in [-0.1, -0.05) is 43.3 Å². The van der Waals surface area contributed by atoms with Crippen molar-refractivity contribution in [2.45, 2.75) is 39.2 Å². The van der Waals surface area contributed by atoms with Crippen LogP contribution in [0.1, 0.15) is 47.8 Å². The zero-order valence-corrected chi connectivity index (χ0v) is 13.1. The molecule has 0 aliphatic heterocycles. The summed E-state index contributed by atoms with van der Waals surface area (Å²) in [6, 6.07) is 15.7. The molecule has 0 saturated heterocycles. The van der Waals surface area contributed by atoms with Gasteiger partial charge in [0.25, 0.3) is 0 Å². The summed E-state index contributed by atoms with van der Waals surface area (Å²) < 4.78 is 0. The molecule has 2 aromatic rings. The monoisotopic (exact) mass is 280 g/mol. The van der Waals surface area contributed by atoms with Crippen molar-refractivity contribution >= 4 is 0 Å². The van der Waals surface area contributed by atoms with E-state index in [2.05, 4.69) is 73.5 Å². The van der Waals surface area contributed by atoms with Crippen LogP contribution in [0.2, 0.25) is 0 Å². The van der Waals surface area contributed by atoms with E-state index in [1.807, 2.05) is 0 Å².